The van der Waals surface area contributed by atoms with Crippen molar-refractivity contribution in [2.24, 2.45) is 0 Å². The van der Waals surface area contributed by atoms with Gasteiger partial charge < -0.3 is 4.52 Å². The minimum atomic E-state index is -4.43. The lowest BCUT2D eigenvalue weighted by atomic mass is 10.1. The van der Waals surface area contributed by atoms with E-state index in [0.29, 0.717) is 18.1 Å². The number of unbranched alkanes of at least 4 members (excludes halogenated alkanes) is 1. The lowest BCUT2D eigenvalue weighted by Crippen LogP contribution is -2.11. The van der Waals surface area contributed by atoms with Crippen molar-refractivity contribution >= 4 is 0 Å². The molecule has 10 heteroatoms. The first-order chi connectivity index (χ1) is 12.4. The van der Waals surface area contributed by atoms with Crippen LogP contribution >= 0.6 is 0 Å². The minimum absolute atomic E-state index is 0.0914. The van der Waals surface area contributed by atoms with Gasteiger partial charge >= 0.3 is 6.18 Å². The van der Waals surface area contributed by atoms with Crippen LogP contribution in [0.15, 0.2) is 28.8 Å². The molecule has 2 aromatic heterocycles. The highest BCUT2D eigenvalue weighted by Crippen LogP contribution is 2.31. The largest absolute Gasteiger partial charge is 0.416 e. The Balaban J connectivity index is 1.80. The molecule has 3 rings (SSSR count). The van der Waals surface area contributed by atoms with Crippen molar-refractivity contribution in [2.45, 2.75) is 45.3 Å². The predicted octanol–water partition coefficient (Wildman–Crippen LogP) is 3.69. The van der Waals surface area contributed by atoms with Crippen molar-refractivity contribution < 1.29 is 17.7 Å². The number of aryl methyl sites for hydroxylation is 1. The summed E-state index contributed by atoms with van der Waals surface area (Å²) in [5.41, 5.74) is -0.538. The highest BCUT2D eigenvalue weighted by molar-refractivity contribution is 5.55. The second kappa shape index (κ2) is 7.22. The van der Waals surface area contributed by atoms with E-state index in [4.69, 9.17) is 4.52 Å². The Kier molecular flexibility index (Phi) is 5.01. The Morgan fingerprint density at radius 3 is 2.81 bits per heavy atom. The summed E-state index contributed by atoms with van der Waals surface area (Å²) in [4.78, 5) is 5.54. The zero-order valence-electron chi connectivity index (χ0n) is 14.2. The van der Waals surface area contributed by atoms with Crippen molar-refractivity contribution in [1.29, 1.82) is 0 Å². The lowest BCUT2D eigenvalue weighted by molar-refractivity contribution is -0.137. The molecular formula is C16H17F3N6O. The standard InChI is InChI=1S/C16H17F3N6O/c1-3-4-8-13-20-15(26-23-13)10(2)25-22-14(21-24-25)11-6-5-7-12(9-11)16(17,18)19/h5-7,9-10H,3-4,8H2,1-2H3. The number of nitrogens with zero attached hydrogens (tertiary/aromatic N) is 6. The average Bonchev–Trinajstić information content (AvgIpc) is 3.28. The summed E-state index contributed by atoms with van der Waals surface area (Å²) in [6, 6.07) is 4.30. The van der Waals surface area contributed by atoms with Crippen LogP contribution in [0.25, 0.3) is 11.4 Å². The van der Waals surface area contributed by atoms with E-state index in [1.165, 1.54) is 16.9 Å². The van der Waals surface area contributed by atoms with Gasteiger partial charge in [-0.05, 0) is 30.7 Å². The van der Waals surface area contributed by atoms with E-state index in [2.05, 4.69) is 32.5 Å². The third kappa shape index (κ3) is 3.89. The van der Waals surface area contributed by atoms with Crippen LogP contribution in [0, 0.1) is 0 Å². The van der Waals surface area contributed by atoms with E-state index in [9.17, 15) is 13.2 Å². The number of tetrazole rings is 1. The molecule has 0 amide bonds. The monoisotopic (exact) mass is 366 g/mol. The van der Waals surface area contributed by atoms with Crippen molar-refractivity contribution in [3.05, 3.63) is 41.5 Å². The number of hydrogen-bond acceptors (Lipinski definition) is 6. The second-order valence-electron chi connectivity index (χ2n) is 5.84. The molecule has 0 saturated carbocycles. The molecule has 1 unspecified atom stereocenters. The zero-order valence-corrected chi connectivity index (χ0v) is 14.2. The molecule has 0 N–H and O–H groups in total. The normalized spacial score (nSPS) is 13.1. The van der Waals surface area contributed by atoms with Crippen LogP contribution < -0.4 is 0 Å². The summed E-state index contributed by atoms with van der Waals surface area (Å²) < 4.78 is 43.7. The van der Waals surface area contributed by atoms with E-state index >= 15 is 0 Å². The van der Waals surface area contributed by atoms with E-state index in [-0.39, 0.29) is 11.4 Å². The van der Waals surface area contributed by atoms with Gasteiger partial charge in [0.1, 0.15) is 6.04 Å². The van der Waals surface area contributed by atoms with Gasteiger partial charge in [-0.15, -0.1) is 10.2 Å². The Morgan fingerprint density at radius 1 is 1.27 bits per heavy atom. The molecule has 0 spiro atoms. The maximum absolute atomic E-state index is 12.8. The lowest BCUT2D eigenvalue weighted by Gasteiger charge is -2.06. The molecule has 0 saturated heterocycles. The van der Waals surface area contributed by atoms with Crippen LogP contribution in [-0.2, 0) is 12.6 Å². The molecule has 2 heterocycles. The number of aromatic nitrogens is 6. The van der Waals surface area contributed by atoms with Gasteiger partial charge in [0.05, 0.1) is 5.56 Å². The van der Waals surface area contributed by atoms with Gasteiger partial charge in [0.25, 0.3) is 5.89 Å². The first-order valence-electron chi connectivity index (χ1n) is 8.18. The molecule has 3 aromatic rings. The van der Waals surface area contributed by atoms with Crippen LogP contribution in [0.4, 0.5) is 13.2 Å². The quantitative estimate of drug-likeness (QED) is 0.662. The van der Waals surface area contributed by atoms with E-state index in [1.807, 2.05) is 0 Å². The Labute approximate surface area is 147 Å². The summed E-state index contributed by atoms with van der Waals surface area (Å²) >= 11 is 0. The second-order valence-corrected chi connectivity index (χ2v) is 5.84. The van der Waals surface area contributed by atoms with Gasteiger partial charge in [-0.3, -0.25) is 0 Å². The van der Waals surface area contributed by atoms with Gasteiger partial charge in [0.2, 0.25) is 5.82 Å². The van der Waals surface area contributed by atoms with Gasteiger partial charge in [0, 0.05) is 12.0 Å². The number of halogens is 3. The average molecular weight is 366 g/mol. The van der Waals surface area contributed by atoms with Crippen LogP contribution in [0.5, 0.6) is 0 Å². The zero-order chi connectivity index (χ0) is 18.7. The van der Waals surface area contributed by atoms with Crippen LogP contribution in [0.2, 0.25) is 0 Å². The molecule has 1 aromatic carbocycles. The summed E-state index contributed by atoms with van der Waals surface area (Å²) in [6.45, 7) is 3.81. The van der Waals surface area contributed by atoms with Gasteiger partial charge in [0.15, 0.2) is 5.82 Å². The minimum Gasteiger partial charge on any atom is -0.337 e. The third-order valence-corrected chi connectivity index (χ3v) is 3.82. The number of benzene rings is 1. The highest BCUT2D eigenvalue weighted by Gasteiger charge is 2.31. The molecule has 0 bridgehead atoms. The van der Waals surface area contributed by atoms with Crippen molar-refractivity contribution in [3.8, 4) is 11.4 Å². The van der Waals surface area contributed by atoms with Gasteiger partial charge in [-0.2, -0.15) is 23.0 Å². The maximum atomic E-state index is 12.8. The summed E-state index contributed by atoms with van der Waals surface area (Å²) in [5.74, 6) is 1.02. The van der Waals surface area contributed by atoms with Crippen LogP contribution in [-0.4, -0.2) is 30.3 Å². The van der Waals surface area contributed by atoms with Crippen LogP contribution in [0.3, 0.4) is 0 Å². The van der Waals surface area contributed by atoms with Crippen LogP contribution in [0.1, 0.15) is 50.0 Å². The third-order valence-electron chi connectivity index (χ3n) is 3.82. The van der Waals surface area contributed by atoms with E-state index < -0.39 is 17.8 Å². The summed E-state index contributed by atoms with van der Waals surface area (Å²) in [6.07, 6.45) is -1.75. The molecule has 7 nitrogen and oxygen atoms in total. The van der Waals surface area contributed by atoms with E-state index in [0.717, 1.165) is 25.0 Å². The van der Waals surface area contributed by atoms with Crippen molar-refractivity contribution in [2.75, 3.05) is 0 Å². The Hall–Kier alpha value is -2.78. The fourth-order valence-electron chi connectivity index (χ4n) is 2.31. The summed E-state index contributed by atoms with van der Waals surface area (Å²) in [7, 11) is 0. The number of rotatable bonds is 6. The fraction of sp³-hybridized carbons (Fsp3) is 0.438. The SMILES string of the molecule is CCCCc1noc(C(C)n2nnc(-c3cccc(C(F)(F)F)c3)n2)n1. The smallest absolute Gasteiger partial charge is 0.337 e. The molecule has 0 aliphatic heterocycles. The topological polar surface area (TPSA) is 82.5 Å². The molecule has 0 radical (unpaired) electrons. The van der Waals surface area contributed by atoms with Crippen molar-refractivity contribution in [3.63, 3.8) is 0 Å². The molecule has 138 valence electrons. The maximum Gasteiger partial charge on any atom is 0.416 e. The summed E-state index contributed by atoms with van der Waals surface area (Å²) in [5, 5.41) is 15.8. The molecule has 26 heavy (non-hydrogen) atoms. The van der Waals surface area contributed by atoms with Crippen molar-refractivity contribution in [1.82, 2.24) is 30.3 Å². The number of alkyl halides is 3. The molecule has 1 atom stereocenters. The molecular weight excluding hydrogens is 349 g/mol. The predicted molar refractivity (Wildman–Crippen MR) is 85.0 cm³/mol. The number of hydrogen-bond donors (Lipinski definition) is 0. The Bertz CT molecular complexity index is 873. The first-order valence-corrected chi connectivity index (χ1v) is 8.18. The molecule has 0 fully saturated rings. The molecule has 0 aliphatic carbocycles. The van der Waals surface area contributed by atoms with Gasteiger partial charge in [-0.1, -0.05) is 30.6 Å². The van der Waals surface area contributed by atoms with Gasteiger partial charge in [-0.25, -0.2) is 0 Å². The Morgan fingerprint density at radius 2 is 2.08 bits per heavy atom. The first kappa shape index (κ1) is 18.0. The highest BCUT2D eigenvalue weighted by atomic mass is 19.4. The molecule has 0 aliphatic rings. The fourth-order valence-corrected chi connectivity index (χ4v) is 2.31. The van der Waals surface area contributed by atoms with E-state index in [1.54, 1.807) is 6.92 Å².